The van der Waals surface area contributed by atoms with Gasteiger partial charge in [-0.25, -0.2) is 0 Å². The molecule has 0 aliphatic carbocycles. The quantitative estimate of drug-likeness (QED) is 0.849. The number of benzene rings is 2. The number of nitrogens with zero attached hydrogens (tertiary/aromatic N) is 1. The highest BCUT2D eigenvalue weighted by atomic mass is 16.2. The van der Waals surface area contributed by atoms with E-state index in [4.69, 9.17) is 0 Å². The maximum Gasteiger partial charge on any atom is 0.258 e. The van der Waals surface area contributed by atoms with Gasteiger partial charge in [-0.3, -0.25) is 4.79 Å². The van der Waals surface area contributed by atoms with Gasteiger partial charge < -0.3 is 15.5 Å². The van der Waals surface area contributed by atoms with Crippen LogP contribution in [0, 0.1) is 0 Å². The Morgan fingerprint density at radius 2 is 1.18 bits per heavy atom. The molecule has 0 spiro atoms. The zero-order valence-corrected chi connectivity index (χ0v) is 16.8. The predicted molar refractivity (Wildman–Crippen MR) is 115 cm³/mol. The van der Waals surface area contributed by atoms with Gasteiger partial charge in [-0.1, -0.05) is 24.3 Å². The molecule has 0 radical (unpaired) electrons. The van der Waals surface area contributed by atoms with Gasteiger partial charge in [0.1, 0.15) is 0 Å². The predicted octanol–water partition coefficient (Wildman–Crippen LogP) is 3.90. The summed E-state index contributed by atoms with van der Waals surface area (Å²) < 4.78 is 0. The number of anilines is 1. The van der Waals surface area contributed by atoms with E-state index in [0.29, 0.717) is 11.8 Å². The van der Waals surface area contributed by atoms with Crippen molar-refractivity contribution in [2.24, 2.45) is 0 Å². The standard InChI is InChI=1S/C24H31N3O/c1-27(23-8-6-19(7-9-23)21-12-16-26-17-13-21)24(28)22-4-2-18(3-5-22)20-10-14-25-15-11-20/h2-9,20-21,25-26H,10-17H2,1H3. The molecule has 0 aromatic heterocycles. The molecular weight excluding hydrogens is 346 g/mol. The minimum atomic E-state index is 0.0477. The van der Waals surface area contributed by atoms with Gasteiger partial charge in [0.25, 0.3) is 5.91 Å². The molecular formula is C24H31N3O. The van der Waals surface area contributed by atoms with E-state index >= 15 is 0 Å². The van der Waals surface area contributed by atoms with Crippen molar-refractivity contribution in [1.29, 1.82) is 0 Å². The third-order valence-corrected chi connectivity index (χ3v) is 6.36. The molecule has 0 unspecified atom stereocenters. The second kappa shape index (κ2) is 8.89. The fourth-order valence-corrected chi connectivity index (χ4v) is 4.49. The molecule has 28 heavy (non-hydrogen) atoms. The van der Waals surface area contributed by atoms with Crippen molar-refractivity contribution < 1.29 is 4.79 Å². The van der Waals surface area contributed by atoms with E-state index in [1.165, 1.54) is 36.8 Å². The van der Waals surface area contributed by atoms with E-state index in [1.54, 1.807) is 4.90 Å². The van der Waals surface area contributed by atoms with Gasteiger partial charge in [0.05, 0.1) is 0 Å². The van der Waals surface area contributed by atoms with Crippen molar-refractivity contribution in [2.45, 2.75) is 37.5 Å². The Balaban J connectivity index is 1.42. The summed E-state index contributed by atoms with van der Waals surface area (Å²) >= 11 is 0. The summed E-state index contributed by atoms with van der Waals surface area (Å²) in [6.07, 6.45) is 4.74. The van der Waals surface area contributed by atoms with E-state index in [2.05, 4.69) is 47.0 Å². The Kier molecular flexibility index (Phi) is 6.08. The third kappa shape index (κ3) is 4.29. The first-order valence-electron chi connectivity index (χ1n) is 10.6. The number of carbonyl (C=O) groups excluding carboxylic acids is 1. The van der Waals surface area contributed by atoms with Gasteiger partial charge in [-0.05, 0) is 99.1 Å². The first kappa shape index (κ1) is 19.2. The molecule has 0 saturated carbocycles. The van der Waals surface area contributed by atoms with E-state index in [0.717, 1.165) is 37.4 Å². The van der Waals surface area contributed by atoms with Crippen LogP contribution in [0.2, 0.25) is 0 Å². The largest absolute Gasteiger partial charge is 0.317 e. The van der Waals surface area contributed by atoms with Crippen LogP contribution in [0.25, 0.3) is 0 Å². The van der Waals surface area contributed by atoms with E-state index < -0.39 is 0 Å². The molecule has 1 amide bonds. The normalized spacial score (nSPS) is 18.8. The average molecular weight is 378 g/mol. The lowest BCUT2D eigenvalue weighted by Gasteiger charge is -2.24. The van der Waals surface area contributed by atoms with Crippen LogP contribution < -0.4 is 15.5 Å². The molecule has 0 atom stereocenters. The summed E-state index contributed by atoms with van der Waals surface area (Å²) in [6, 6.07) is 16.8. The van der Waals surface area contributed by atoms with Crippen LogP contribution in [0.1, 0.15) is 59.0 Å². The smallest absolute Gasteiger partial charge is 0.258 e. The van der Waals surface area contributed by atoms with Crippen LogP contribution in [0.3, 0.4) is 0 Å². The van der Waals surface area contributed by atoms with Gasteiger partial charge in [0.2, 0.25) is 0 Å². The first-order chi connectivity index (χ1) is 13.7. The summed E-state index contributed by atoms with van der Waals surface area (Å²) in [7, 11) is 1.86. The number of amides is 1. The van der Waals surface area contributed by atoms with Crippen LogP contribution >= 0.6 is 0 Å². The average Bonchev–Trinajstić information content (AvgIpc) is 2.79. The molecule has 4 nitrogen and oxygen atoms in total. The minimum absolute atomic E-state index is 0.0477. The summed E-state index contributed by atoms with van der Waals surface area (Å²) in [5.74, 6) is 1.30. The summed E-state index contributed by atoms with van der Waals surface area (Å²) in [4.78, 5) is 14.7. The number of rotatable bonds is 4. The van der Waals surface area contributed by atoms with Crippen molar-refractivity contribution in [3.8, 4) is 0 Å². The number of hydrogen-bond acceptors (Lipinski definition) is 3. The summed E-state index contributed by atoms with van der Waals surface area (Å²) in [5.41, 5.74) is 4.44. The van der Waals surface area contributed by atoms with Crippen molar-refractivity contribution in [1.82, 2.24) is 10.6 Å². The fraction of sp³-hybridized carbons (Fsp3) is 0.458. The number of nitrogens with one attached hydrogen (secondary N) is 2. The van der Waals surface area contributed by atoms with Gasteiger partial charge in [-0.2, -0.15) is 0 Å². The van der Waals surface area contributed by atoms with Crippen molar-refractivity contribution in [2.75, 3.05) is 38.1 Å². The number of hydrogen-bond donors (Lipinski definition) is 2. The minimum Gasteiger partial charge on any atom is -0.317 e. The van der Waals surface area contributed by atoms with Crippen LogP contribution in [0.5, 0.6) is 0 Å². The maximum atomic E-state index is 12.9. The Labute approximate surface area is 168 Å². The zero-order valence-electron chi connectivity index (χ0n) is 16.8. The molecule has 4 rings (SSSR count). The lowest BCUT2D eigenvalue weighted by Crippen LogP contribution is -2.27. The van der Waals surface area contributed by atoms with E-state index in [1.807, 2.05) is 19.2 Å². The van der Waals surface area contributed by atoms with Gasteiger partial charge >= 0.3 is 0 Å². The van der Waals surface area contributed by atoms with Crippen LogP contribution in [-0.2, 0) is 0 Å². The fourth-order valence-electron chi connectivity index (χ4n) is 4.49. The Morgan fingerprint density at radius 1 is 0.750 bits per heavy atom. The molecule has 2 saturated heterocycles. The highest BCUT2D eigenvalue weighted by Crippen LogP contribution is 2.28. The second-order valence-corrected chi connectivity index (χ2v) is 8.13. The monoisotopic (exact) mass is 377 g/mol. The van der Waals surface area contributed by atoms with E-state index in [9.17, 15) is 4.79 Å². The second-order valence-electron chi connectivity index (χ2n) is 8.13. The molecule has 2 aliphatic rings. The topological polar surface area (TPSA) is 44.4 Å². The van der Waals surface area contributed by atoms with Crippen molar-refractivity contribution in [3.63, 3.8) is 0 Å². The van der Waals surface area contributed by atoms with Crippen molar-refractivity contribution >= 4 is 11.6 Å². The molecule has 148 valence electrons. The highest BCUT2D eigenvalue weighted by Gasteiger charge is 2.19. The molecule has 2 aliphatic heterocycles. The van der Waals surface area contributed by atoms with Gasteiger partial charge in [0, 0.05) is 18.3 Å². The maximum absolute atomic E-state index is 12.9. The third-order valence-electron chi connectivity index (χ3n) is 6.36. The Hall–Kier alpha value is -2.17. The molecule has 2 aromatic carbocycles. The molecule has 0 bridgehead atoms. The summed E-state index contributed by atoms with van der Waals surface area (Å²) in [5, 5.41) is 6.82. The van der Waals surface area contributed by atoms with Crippen molar-refractivity contribution in [3.05, 3.63) is 65.2 Å². The van der Waals surface area contributed by atoms with Gasteiger partial charge in [0.15, 0.2) is 0 Å². The van der Waals surface area contributed by atoms with Crippen LogP contribution in [0.15, 0.2) is 48.5 Å². The molecule has 2 aromatic rings. The van der Waals surface area contributed by atoms with Crippen LogP contribution in [-0.4, -0.2) is 39.1 Å². The highest BCUT2D eigenvalue weighted by molar-refractivity contribution is 6.05. The lowest BCUT2D eigenvalue weighted by atomic mass is 9.89. The number of carbonyl (C=O) groups is 1. The molecule has 2 N–H and O–H groups in total. The molecule has 2 fully saturated rings. The number of piperidine rings is 2. The first-order valence-corrected chi connectivity index (χ1v) is 10.6. The lowest BCUT2D eigenvalue weighted by molar-refractivity contribution is 0.0993. The molecule has 4 heteroatoms. The molecule has 2 heterocycles. The zero-order chi connectivity index (χ0) is 19.3. The Bertz CT molecular complexity index is 773. The Morgan fingerprint density at radius 3 is 1.64 bits per heavy atom. The SMILES string of the molecule is CN(C(=O)c1ccc(C2CCNCC2)cc1)c1ccc(C2CCNCC2)cc1. The van der Waals surface area contributed by atoms with E-state index in [-0.39, 0.29) is 5.91 Å². The van der Waals surface area contributed by atoms with Gasteiger partial charge in [-0.15, -0.1) is 0 Å². The van der Waals surface area contributed by atoms with Crippen LogP contribution in [0.4, 0.5) is 5.69 Å². The summed E-state index contributed by atoms with van der Waals surface area (Å²) in [6.45, 7) is 4.36.